The molecule has 0 bridgehead atoms. The van der Waals surface area contributed by atoms with E-state index in [1.807, 2.05) is 6.92 Å². The Hall–Kier alpha value is -1.49. The van der Waals surface area contributed by atoms with E-state index in [9.17, 15) is 13.6 Å². The van der Waals surface area contributed by atoms with E-state index in [0.29, 0.717) is 26.0 Å². The summed E-state index contributed by atoms with van der Waals surface area (Å²) in [6.45, 7) is 3.33. The lowest BCUT2D eigenvalue weighted by atomic mass is 10.1. The van der Waals surface area contributed by atoms with Crippen molar-refractivity contribution in [1.29, 1.82) is 0 Å². The van der Waals surface area contributed by atoms with Gasteiger partial charge < -0.3 is 9.64 Å². The van der Waals surface area contributed by atoms with E-state index in [2.05, 4.69) is 0 Å². The van der Waals surface area contributed by atoms with Crippen LogP contribution < -0.4 is 4.90 Å². The summed E-state index contributed by atoms with van der Waals surface area (Å²) in [7, 11) is 0. The Labute approximate surface area is 104 Å². The van der Waals surface area contributed by atoms with Gasteiger partial charge in [0, 0.05) is 18.7 Å². The van der Waals surface area contributed by atoms with Gasteiger partial charge in [0.25, 0.3) is 0 Å². The number of anilines is 1. The largest absolute Gasteiger partial charge is 0.375 e. The summed E-state index contributed by atoms with van der Waals surface area (Å²) in [5.74, 6) is -1.40. The fourth-order valence-corrected chi connectivity index (χ4v) is 2.12. The first-order chi connectivity index (χ1) is 8.65. The molecule has 0 radical (unpaired) electrons. The topological polar surface area (TPSA) is 29.5 Å². The van der Waals surface area contributed by atoms with Crippen LogP contribution in [0, 0.1) is 11.6 Å². The number of morpholine rings is 1. The van der Waals surface area contributed by atoms with Gasteiger partial charge in [-0.25, -0.2) is 8.78 Å². The standard InChI is InChI=1S/C13H15F2NO2/c1-2-10-7-16(3-4-18-10)13-11(14)5-9(8-17)6-12(13)15/h5-6,8,10H,2-4,7H2,1H3. The molecule has 0 saturated carbocycles. The fraction of sp³-hybridized carbons (Fsp3) is 0.462. The third kappa shape index (κ3) is 2.51. The molecule has 1 aliphatic rings. The molecule has 0 amide bonds. The first kappa shape index (κ1) is 13.0. The van der Waals surface area contributed by atoms with Gasteiger partial charge in [0.2, 0.25) is 0 Å². The van der Waals surface area contributed by atoms with Crippen LogP contribution in [0.3, 0.4) is 0 Å². The normalized spacial score (nSPS) is 19.9. The molecule has 1 unspecified atom stereocenters. The van der Waals surface area contributed by atoms with Crippen molar-refractivity contribution in [3.63, 3.8) is 0 Å². The third-order valence-electron chi connectivity index (χ3n) is 3.09. The highest BCUT2D eigenvalue weighted by atomic mass is 19.1. The Morgan fingerprint density at radius 2 is 2.11 bits per heavy atom. The number of nitrogens with zero attached hydrogens (tertiary/aromatic N) is 1. The number of carbonyl (C=O) groups is 1. The highest BCUT2D eigenvalue weighted by Gasteiger charge is 2.24. The van der Waals surface area contributed by atoms with Crippen LogP contribution in [-0.2, 0) is 4.74 Å². The van der Waals surface area contributed by atoms with Gasteiger partial charge in [0.15, 0.2) is 0 Å². The van der Waals surface area contributed by atoms with E-state index in [1.54, 1.807) is 4.90 Å². The highest BCUT2D eigenvalue weighted by Crippen LogP contribution is 2.26. The lowest BCUT2D eigenvalue weighted by molar-refractivity contribution is 0.0380. The van der Waals surface area contributed by atoms with E-state index in [1.165, 1.54) is 0 Å². The maximum Gasteiger partial charge on any atom is 0.150 e. The molecule has 2 rings (SSSR count). The van der Waals surface area contributed by atoms with Crippen LogP contribution in [0.2, 0.25) is 0 Å². The monoisotopic (exact) mass is 255 g/mol. The SMILES string of the molecule is CCC1CN(c2c(F)cc(C=O)cc2F)CCO1. The minimum absolute atomic E-state index is 0.00838. The van der Waals surface area contributed by atoms with Gasteiger partial charge >= 0.3 is 0 Å². The van der Waals surface area contributed by atoms with Crippen molar-refractivity contribution in [2.45, 2.75) is 19.4 Å². The maximum absolute atomic E-state index is 13.8. The van der Waals surface area contributed by atoms with E-state index >= 15 is 0 Å². The molecule has 1 fully saturated rings. The molecule has 0 spiro atoms. The number of benzene rings is 1. The summed E-state index contributed by atoms with van der Waals surface area (Å²) in [6, 6.07) is 2.11. The van der Waals surface area contributed by atoms with Crippen LogP contribution in [0.15, 0.2) is 12.1 Å². The average molecular weight is 255 g/mol. The van der Waals surface area contributed by atoms with Crippen molar-refractivity contribution in [3.05, 3.63) is 29.3 Å². The Morgan fingerprint density at radius 1 is 1.44 bits per heavy atom. The molecule has 0 N–H and O–H groups in total. The lowest BCUT2D eigenvalue weighted by Gasteiger charge is -2.34. The van der Waals surface area contributed by atoms with Gasteiger partial charge in [0.05, 0.1) is 12.7 Å². The summed E-state index contributed by atoms with van der Waals surface area (Å²) in [5, 5.41) is 0. The minimum atomic E-state index is -0.700. The van der Waals surface area contributed by atoms with E-state index in [4.69, 9.17) is 4.74 Å². The molecular weight excluding hydrogens is 240 g/mol. The van der Waals surface area contributed by atoms with Gasteiger partial charge in [-0.05, 0) is 18.6 Å². The Kier molecular flexibility index (Phi) is 3.91. The number of aldehydes is 1. The zero-order valence-electron chi connectivity index (χ0n) is 10.2. The molecule has 1 aliphatic heterocycles. The number of ether oxygens (including phenoxy) is 1. The van der Waals surface area contributed by atoms with Crippen LogP contribution in [0.1, 0.15) is 23.7 Å². The number of rotatable bonds is 3. The second kappa shape index (κ2) is 5.44. The molecule has 98 valence electrons. The van der Waals surface area contributed by atoms with Crippen LogP contribution in [0.25, 0.3) is 0 Å². The van der Waals surface area contributed by atoms with Crippen LogP contribution in [0.4, 0.5) is 14.5 Å². The van der Waals surface area contributed by atoms with Crippen molar-refractivity contribution in [2.75, 3.05) is 24.6 Å². The molecule has 1 saturated heterocycles. The Balaban J connectivity index is 2.30. The van der Waals surface area contributed by atoms with Gasteiger partial charge in [-0.1, -0.05) is 6.92 Å². The predicted octanol–water partition coefficient (Wildman–Crippen LogP) is 2.39. The number of hydrogen-bond donors (Lipinski definition) is 0. The Bertz CT molecular complexity index is 428. The average Bonchev–Trinajstić information content (AvgIpc) is 2.38. The second-order valence-electron chi connectivity index (χ2n) is 4.30. The van der Waals surface area contributed by atoms with E-state index in [-0.39, 0.29) is 17.4 Å². The fourth-order valence-electron chi connectivity index (χ4n) is 2.12. The van der Waals surface area contributed by atoms with Crippen molar-refractivity contribution in [1.82, 2.24) is 0 Å². The molecular formula is C13H15F2NO2. The van der Waals surface area contributed by atoms with Crippen molar-refractivity contribution >= 4 is 12.0 Å². The molecule has 1 aromatic carbocycles. The molecule has 0 aromatic heterocycles. The van der Waals surface area contributed by atoms with Crippen molar-refractivity contribution < 1.29 is 18.3 Å². The quantitative estimate of drug-likeness (QED) is 0.777. The van der Waals surface area contributed by atoms with E-state index < -0.39 is 11.6 Å². The van der Waals surface area contributed by atoms with Crippen molar-refractivity contribution in [2.24, 2.45) is 0 Å². The summed E-state index contributed by atoms with van der Waals surface area (Å²) < 4.78 is 33.1. The predicted molar refractivity (Wildman–Crippen MR) is 64.0 cm³/mol. The van der Waals surface area contributed by atoms with Crippen LogP contribution in [0.5, 0.6) is 0 Å². The summed E-state index contributed by atoms with van der Waals surface area (Å²) in [6.07, 6.45) is 1.22. The zero-order valence-corrected chi connectivity index (χ0v) is 10.2. The smallest absolute Gasteiger partial charge is 0.150 e. The van der Waals surface area contributed by atoms with Gasteiger partial charge in [-0.15, -0.1) is 0 Å². The lowest BCUT2D eigenvalue weighted by Crippen LogP contribution is -2.43. The molecule has 0 aliphatic carbocycles. The number of halogens is 2. The first-order valence-corrected chi connectivity index (χ1v) is 5.96. The highest BCUT2D eigenvalue weighted by molar-refractivity contribution is 5.76. The summed E-state index contributed by atoms with van der Waals surface area (Å²) in [5.41, 5.74) is -0.0589. The van der Waals surface area contributed by atoms with Gasteiger partial charge in [0.1, 0.15) is 23.6 Å². The van der Waals surface area contributed by atoms with E-state index in [0.717, 1.165) is 18.6 Å². The molecule has 18 heavy (non-hydrogen) atoms. The first-order valence-electron chi connectivity index (χ1n) is 5.96. The molecule has 3 nitrogen and oxygen atoms in total. The second-order valence-corrected chi connectivity index (χ2v) is 4.30. The summed E-state index contributed by atoms with van der Waals surface area (Å²) in [4.78, 5) is 12.2. The number of hydrogen-bond acceptors (Lipinski definition) is 3. The third-order valence-corrected chi connectivity index (χ3v) is 3.09. The minimum Gasteiger partial charge on any atom is -0.375 e. The Morgan fingerprint density at radius 3 is 2.67 bits per heavy atom. The molecule has 5 heteroatoms. The zero-order chi connectivity index (χ0) is 13.1. The van der Waals surface area contributed by atoms with Gasteiger partial charge in [-0.2, -0.15) is 0 Å². The van der Waals surface area contributed by atoms with Crippen LogP contribution >= 0.6 is 0 Å². The van der Waals surface area contributed by atoms with Crippen molar-refractivity contribution in [3.8, 4) is 0 Å². The number of carbonyl (C=O) groups excluding carboxylic acids is 1. The molecule has 1 aromatic rings. The molecule has 1 atom stereocenters. The van der Waals surface area contributed by atoms with Crippen LogP contribution in [-0.4, -0.2) is 32.1 Å². The molecule has 1 heterocycles. The maximum atomic E-state index is 13.8. The van der Waals surface area contributed by atoms with Gasteiger partial charge in [-0.3, -0.25) is 4.79 Å². The summed E-state index contributed by atoms with van der Waals surface area (Å²) >= 11 is 0.